The molecule has 1 fully saturated rings. The summed E-state index contributed by atoms with van der Waals surface area (Å²) in [7, 11) is 0. The van der Waals surface area contributed by atoms with E-state index in [9.17, 15) is 18.4 Å². The number of hydrogen-bond donors (Lipinski definition) is 1. The summed E-state index contributed by atoms with van der Waals surface area (Å²) in [6.07, 6.45) is 5.22. The highest BCUT2D eigenvalue weighted by Crippen LogP contribution is 2.31. The van der Waals surface area contributed by atoms with Crippen molar-refractivity contribution in [1.82, 2.24) is 0 Å². The average molecular weight is 265 g/mol. The van der Waals surface area contributed by atoms with Gasteiger partial charge in [-0.3, -0.25) is 4.79 Å². The van der Waals surface area contributed by atoms with E-state index in [1.165, 1.54) is 0 Å². The number of halogens is 2. The molecule has 0 spiro atoms. The Bertz CT molecular complexity index is 607. The molecule has 98 valence electrons. The van der Waals surface area contributed by atoms with Crippen LogP contribution in [0.5, 0.6) is 0 Å². The molecule has 0 radical (unpaired) electrons. The van der Waals surface area contributed by atoms with E-state index in [-0.39, 0.29) is 13.0 Å². The van der Waals surface area contributed by atoms with Crippen molar-refractivity contribution in [2.75, 3.05) is 11.4 Å². The first-order valence-electron chi connectivity index (χ1n) is 5.43. The Morgan fingerprint density at radius 3 is 2.68 bits per heavy atom. The van der Waals surface area contributed by atoms with E-state index in [1.54, 1.807) is 0 Å². The first-order chi connectivity index (χ1) is 8.93. The fourth-order valence-electron chi connectivity index (χ4n) is 2.04. The van der Waals surface area contributed by atoms with E-state index in [0.29, 0.717) is 12.1 Å². The quantitative estimate of drug-likeness (QED) is 0.827. The molecule has 1 heterocycles. The number of amides is 1. The zero-order chi connectivity index (χ0) is 14.2. The lowest BCUT2D eigenvalue weighted by atomic mass is 10.1. The van der Waals surface area contributed by atoms with Crippen LogP contribution in [0.15, 0.2) is 12.1 Å². The fourth-order valence-corrected chi connectivity index (χ4v) is 2.04. The van der Waals surface area contributed by atoms with Gasteiger partial charge in [0.2, 0.25) is 5.91 Å². The second-order valence-electron chi connectivity index (χ2n) is 4.16. The van der Waals surface area contributed by atoms with Crippen molar-refractivity contribution in [2.45, 2.75) is 6.42 Å². The monoisotopic (exact) mass is 265 g/mol. The Hall–Kier alpha value is -2.42. The van der Waals surface area contributed by atoms with Gasteiger partial charge in [0.25, 0.3) is 0 Å². The molecule has 6 heteroatoms. The minimum Gasteiger partial charge on any atom is -0.478 e. The summed E-state index contributed by atoms with van der Waals surface area (Å²) in [6.45, 7) is 0.0260. The van der Waals surface area contributed by atoms with Gasteiger partial charge in [-0.25, -0.2) is 13.6 Å². The van der Waals surface area contributed by atoms with Crippen molar-refractivity contribution in [3.63, 3.8) is 0 Å². The van der Waals surface area contributed by atoms with Gasteiger partial charge in [0, 0.05) is 24.9 Å². The van der Waals surface area contributed by atoms with Crippen LogP contribution in [0.3, 0.4) is 0 Å². The van der Waals surface area contributed by atoms with Crippen molar-refractivity contribution in [1.29, 1.82) is 0 Å². The Balaban J connectivity index is 2.54. The van der Waals surface area contributed by atoms with Crippen LogP contribution in [-0.4, -0.2) is 23.5 Å². The van der Waals surface area contributed by atoms with Crippen LogP contribution in [0.4, 0.5) is 14.5 Å². The Morgan fingerprint density at radius 2 is 2.16 bits per heavy atom. The van der Waals surface area contributed by atoms with Crippen LogP contribution in [0.25, 0.3) is 0 Å². The van der Waals surface area contributed by atoms with Gasteiger partial charge in [0.05, 0.1) is 11.3 Å². The van der Waals surface area contributed by atoms with Gasteiger partial charge in [0.15, 0.2) is 5.82 Å². The molecule has 0 bridgehead atoms. The van der Waals surface area contributed by atoms with E-state index >= 15 is 0 Å². The van der Waals surface area contributed by atoms with Gasteiger partial charge in [0.1, 0.15) is 5.82 Å². The number of rotatable bonds is 2. The van der Waals surface area contributed by atoms with E-state index in [2.05, 4.69) is 5.92 Å². The number of aromatic carboxylic acids is 1. The minimum atomic E-state index is -1.51. The molecule has 1 unspecified atom stereocenters. The van der Waals surface area contributed by atoms with Crippen molar-refractivity contribution in [3.05, 3.63) is 29.3 Å². The third-order valence-electron chi connectivity index (χ3n) is 2.89. The van der Waals surface area contributed by atoms with E-state index in [0.717, 1.165) is 4.90 Å². The molecule has 1 aromatic carbocycles. The SMILES string of the molecule is C#CC1CC(=O)N(c2c(F)cc(F)cc2C(=O)O)C1. The lowest BCUT2D eigenvalue weighted by molar-refractivity contribution is -0.117. The van der Waals surface area contributed by atoms with Gasteiger partial charge in [-0.1, -0.05) is 0 Å². The molecule has 2 rings (SSSR count). The van der Waals surface area contributed by atoms with Crippen LogP contribution < -0.4 is 4.90 Å². The minimum absolute atomic E-state index is 0.0202. The molecule has 4 nitrogen and oxygen atoms in total. The predicted molar refractivity (Wildman–Crippen MR) is 62.6 cm³/mol. The fraction of sp³-hybridized carbons (Fsp3) is 0.231. The molecule has 1 amide bonds. The maximum atomic E-state index is 13.8. The third-order valence-corrected chi connectivity index (χ3v) is 2.89. The van der Waals surface area contributed by atoms with Crippen LogP contribution >= 0.6 is 0 Å². The second-order valence-corrected chi connectivity index (χ2v) is 4.16. The number of carbonyl (C=O) groups excluding carboxylic acids is 1. The number of benzene rings is 1. The zero-order valence-corrected chi connectivity index (χ0v) is 9.69. The molecule has 1 aromatic rings. The Morgan fingerprint density at radius 1 is 1.47 bits per heavy atom. The zero-order valence-electron chi connectivity index (χ0n) is 9.69. The predicted octanol–water partition coefficient (Wildman–Crippen LogP) is 1.65. The maximum Gasteiger partial charge on any atom is 0.338 e. The van der Waals surface area contributed by atoms with Crippen LogP contribution in [-0.2, 0) is 4.79 Å². The molecular formula is C13H9F2NO3. The molecule has 0 aromatic heterocycles. The lowest BCUT2D eigenvalue weighted by Gasteiger charge is -2.19. The van der Waals surface area contributed by atoms with Crippen LogP contribution in [0, 0.1) is 29.9 Å². The Kier molecular flexibility index (Phi) is 3.21. The van der Waals surface area contributed by atoms with Gasteiger partial charge >= 0.3 is 5.97 Å². The first kappa shape index (κ1) is 13.0. The molecule has 19 heavy (non-hydrogen) atoms. The summed E-state index contributed by atoms with van der Waals surface area (Å²) in [5.74, 6) is -2.13. The summed E-state index contributed by atoms with van der Waals surface area (Å²) >= 11 is 0. The van der Waals surface area contributed by atoms with Gasteiger partial charge in [-0.05, 0) is 6.07 Å². The number of anilines is 1. The molecule has 1 aliphatic heterocycles. The van der Waals surface area contributed by atoms with Crippen molar-refractivity contribution in [2.24, 2.45) is 5.92 Å². The third kappa shape index (κ3) is 2.27. The number of nitrogens with zero attached hydrogens (tertiary/aromatic N) is 1. The van der Waals surface area contributed by atoms with Crippen LogP contribution in [0.2, 0.25) is 0 Å². The number of terminal acetylenes is 1. The summed E-state index contributed by atoms with van der Waals surface area (Å²) in [4.78, 5) is 23.7. The van der Waals surface area contributed by atoms with E-state index in [4.69, 9.17) is 11.5 Å². The largest absolute Gasteiger partial charge is 0.478 e. The topological polar surface area (TPSA) is 57.6 Å². The van der Waals surface area contributed by atoms with Gasteiger partial charge in [-0.2, -0.15) is 0 Å². The number of carbonyl (C=O) groups is 2. The van der Waals surface area contributed by atoms with Crippen molar-refractivity contribution >= 4 is 17.6 Å². The highest BCUT2D eigenvalue weighted by molar-refractivity contribution is 6.03. The molecule has 1 N–H and O–H groups in total. The summed E-state index contributed by atoms with van der Waals surface area (Å²) < 4.78 is 26.8. The smallest absolute Gasteiger partial charge is 0.338 e. The molecular weight excluding hydrogens is 256 g/mol. The first-order valence-corrected chi connectivity index (χ1v) is 5.43. The molecule has 0 saturated carbocycles. The average Bonchev–Trinajstić information content (AvgIpc) is 2.69. The molecule has 1 atom stereocenters. The molecule has 1 aliphatic rings. The second kappa shape index (κ2) is 4.69. The van der Waals surface area contributed by atoms with Crippen molar-refractivity contribution in [3.8, 4) is 12.3 Å². The molecule has 0 aliphatic carbocycles. The maximum absolute atomic E-state index is 13.8. The van der Waals surface area contributed by atoms with Crippen LogP contribution in [0.1, 0.15) is 16.8 Å². The summed E-state index contributed by atoms with van der Waals surface area (Å²) in [5, 5.41) is 8.97. The number of carboxylic acids is 1. The van der Waals surface area contributed by atoms with Gasteiger partial charge in [-0.15, -0.1) is 12.3 Å². The van der Waals surface area contributed by atoms with E-state index in [1.807, 2.05) is 0 Å². The van der Waals surface area contributed by atoms with Crippen molar-refractivity contribution < 1.29 is 23.5 Å². The summed E-state index contributed by atoms with van der Waals surface area (Å²) in [6, 6.07) is 1.22. The normalized spacial score (nSPS) is 18.5. The summed E-state index contributed by atoms with van der Waals surface area (Å²) in [5.41, 5.74) is -1.03. The van der Waals surface area contributed by atoms with Gasteiger partial charge < -0.3 is 10.0 Å². The molecule has 1 saturated heterocycles. The number of carboxylic acid groups (broad SMARTS) is 1. The standard InChI is InChI=1S/C13H9F2NO3/c1-2-7-3-11(17)16(6-7)12-9(13(18)19)4-8(14)5-10(12)15/h1,4-5,7H,3,6H2,(H,18,19). The Labute approximate surface area is 107 Å². The lowest BCUT2D eigenvalue weighted by Crippen LogP contribution is -2.27. The number of hydrogen-bond acceptors (Lipinski definition) is 2. The van der Waals surface area contributed by atoms with E-state index < -0.39 is 40.7 Å². The highest BCUT2D eigenvalue weighted by Gasteiger charge is 2.34. The highest BCUT2D eigenvalue weighted by atomic mass is 19.1.